The number of halogens is 1. The molecule has 7 nitrogen and oxygen atoms in total. The summed E-state index contributed by atoms with van der Waals surface area (Å²) in [7, 11) is 0. The van der Waals surface area contributed by atoms with Crippen LogP contribution in [0.25, 0.3) is 11.3 Å². The quantitative estimate of drug-likeness (QED) is 0.345. The molecule has 2 saturated heterocycles. The highest BCUT2D eigenvalue weighted by Gasteiger charge is 2.24. The van der Waals surface area contributed by atoms with Gasteiger partial charge in [0.05, 0.1) is 6.54 Å². The molecule has 0 aliphatic carbocycles. The van der Waals surface area contributed by atoms with Crippen LogP contribution in [-0.4, -0.2) is 40.8 Å². The molecule has 2 aliphatic heterocycles. The SMILES string of the molecule is CC1CCN(c2cc(N3CCCC[C@@H]3C)nc(NC(=S)NCc3ccc(-c4ccc(Cl)cc4)o3)n2)CC1. The molecular weight excluding hydrogens is 504 g/mol. The fourth-order valence-electron chi connectivity index (χ4n) is 5.02. The molecule has 0 amide bonds. The van der Waals surface area contributed by atoms with Gasteiger partial charge in [0, 0.05) is 42.3 Å². The van der Waals surface area contributed by atoms with Gasteiger partial charge in [0.15, 0.2) is 5.11 Å². The zero-order valence-corrected chi connectivity index (χ0v) is 23.1. The summed E-state index contributed by atoms with van der Waals surface area (Å²) < 4.78 is 5.99. The first-order valence-electron chi connectivity index (χ1n) is 13.2. The first-order chi connectivity index (χ1) is 17.9. The Morgan fingerprint density at radius 1 is 1.00 bits per heavy atom. The number of nitrogens with zero attached hydrogens (tertiary/aromatic N) is 4. The van der Waals surface area contributed by atoms with Crippen molar-refractivity contribution in [2.45, 2.75) is 58.5 Å². The van der Waals surface area contributed by atoms with Gasteiger partial charge in [-0.15, -0.1) is 0 Å². The van der Waals surface area contributed by atoms with E-state index in [2.05, 4.69) is 40.3 Å². The highest BCUT2D eigenvalue weighted by Crippen LogP contribution is 2.29. The van der Waals surface area contributed by atoms with Crippen molar-refractivity contribution in [3.8, 4) is 11.3 Å². The molecule has 196 valence electrons. The lowest BCUT2D eigenvalue weighted by atomic mass is 9.99. The third-order valence-electron chi connectivity index (χ3n) is 7.34. The summed E-state index contributed by atoms with van der Waals surface area (Å²) in [6.45, 7) is 8.12. The van der Waals surface area contributed by atoms with Crippen molar-refractivity contribution in [3.63, 3.8) is 0 Å². The van der Waals surface area contributed by atoms with Crippen molar-refractivity contribution >= 4 is 46.5 Å². The lowest BCUT2D eigenvalue weighted by Gasteiger charge is -2.36. The van der Waals surface area contributed by atoms with Crippen LogP contribution in [0.4, 0.5) is 17.6 Å². The maximum atomic E-state index is 6.00. The van der Waals surface area contributed by atoms with Crippen LogP contribution in [0.5, 0.6) is 0 Å². The van der Waals surface area contributed by atoms with Gasteiger partial charge in [-0.3, -0.25) is 0 Å². The largest absolute Gasteiger partial charge is 0.459 e. The smallest absolute Gasteiger partial charge is 0.232 e. The van der Waals surface area contributed by atoms with Crippen LogP contribution in [0.2, 0.25) is 5.02 Å². The van der Waals surface area contributed by atoms with Crippen LogP contribution < -0.4 is 20.4 Å². The third-order valence-corrected chi connectivity index (χ3v) is 7.84. The Morgan fingerprint density at radius 3 is 2.51 bits per heavy atom. The number of aromatic nitrogens is 2. The summed E-state index contributed by atoms with van der Waals surface area (Å²) in [6, 6.07) is 14.1. The molecule has 4 heterocycles. The summed E-state index contributed by atoms with van der Waals surface area (Å²) in [4.78, 5) is 14.5. The van der Waals surface area contributed by atoms with E-state index in [0.29, 0.717) is 28.7 Å². The lowest BCUT2D eigenvalue weighted by Crippen LogP contribution is -2.39. The molecule has 2 fully saturated rings. The second-order valence-electron chi connectivity index (χ2n) is 10.2. The Morgan fingerprint density at radius 2 is 1.76 bits per heavy atom. The topological polar surface area (TPSA) is 69.5 Å². The number of furan rings is 1. The molecule has 9 heteroatoms. The number of benzene rings is 1. The summed E-state index contributed by atoms with van der Waals surface area (Å²) in [5, 5.41) is 7.63. The van der Waals surface area contributed by atoms with Crippen LogP contribution in [0, 0.1) is 5.92 Å². The third kappa shape index (κ3) is 6.54. The van der Waals surface area contributed by atoms with E-state index in [1.165, 1.54) is 32.1 Å². The normalized spacial score (nSPS) is 18.6. The van der Waals surface area contributed by atoms with Crippen LogP contribution in [-0.2, 0) is 6.54 Å². The Labute approximate surface area is 229 Å². The van der Waals surface area contributed by atoms with Gasteiger partial charge in [0.2, 0.25) is 5.95 Å². The number of piperidine rings is 2. The molecule has 1 atom stereocenters. The molecule has 5 rings (SSSR count). The minimum atomic E-state index is 0.457. The van der Waals surface area contributed by atoms with Gasteiger partial charge < -0.3 is 24.9 Å². The van der Waals surface area contributed by atoms with Gasteiger partial charge in [0.1, 0.15) is 23.2 Å². The molecular formula is C28H35ClN6OS. The van der Waals surface area contributed by atoms with Crippen molar-refractivity contribution in [2.75, 3.05) is 34.8 Å². The van der Waals surface area contributed by atoms with Gasteiger partial charge in [-0.1, -0.05) is 18.5 Å². The van der Waals surface area contributed by atoms with Gasteiger partial charge in [-0.05, 0) is 93.6 Å². The number of nitrogens with one attached hydrogen (secondary N) is 2. The molecule has 37 heavy (non-hydrogen) atoms. The predicted molar refractivity (Wildman–Crippen MR) is 156 cm³/mol. The van der Waals surface area contributed by atoms with E-state index in [0.717, 1.165) is 54.3 Å². The van der Waals surface area contributed by atoms with E-state index >= 15 is 0 Å². The van der Waals surface area contributed by atoms with Crippen molar-refractivity contribution in [1.82, 2.24) is 15.3 Å². The molecule has 0 spiro atoms. The Bertz CT molecular complexity index is 1210. The zero-order chi connectivity index (χ0) is 25.8. The Hall–Kier alpha value is -2.84. The number of hydrogen-bond donors (Lipinski definition) is 2. The van der Waals surface area contributed by atoms with E-state index in [-0.39, 0.29) is 0 Å². The molecule has 1 aromatic carbocycles. The monoisotopic (exact) mass is 538 g/mol. The van der Waals surface area contributed by atoms with Gasteiger partial charge in [-0.25, -0.2) is 0 Å². The van der Waals surface area contributed by atoms with Crippen LogP contribution in [0.1, 0.15) is 51.7 Å². The first kappa shape index (κ1) is 25.8. The minimum absolute atomic E-state index is 0.457. The minimum Gasteiger partial charge on any atom is -0.459 e. The van der Waals surface area contributed by atoms with Crippen LogP contribution >= 0.6 is 23.8 Å². The van der Waals surface area contributed by atoms with Crippen LogP contribution in [0.15, 0.2) is 46.9 Å². The van der Waals surface area contributed by atoms with E-state index in [9.17, 15) is 0 Å². The molecule has 2 N–H and O–H groups in total. The summed E-state index contributed by atoms with van der Waals surface area (Å²) in [5.74, 6) is 4.81. The summed E-state index contributed by atoms with van der Waals surface area (Å²) >= 11 is 11.6. The lowest BCUT2D eigenvalue weighted by molar-refractivity contribution is 0.436. The molecule has 0 unspecified atom stereocenters. The Kier molecular flexibility index (Phi) is 8.15. The number of anilines is 3. The zero-order valence-electron chi connectivity index (χ0n) is 21.5. The summed E-state index contributed by atoms with van der Waals surface area (Å²) in [6.07, 6.45) is 6.01. The molecule has 2 aromatic heterocycles. The number of rotatable bonds is 6. The van der Waals surface area contributed by atoms with E-state index in [1.54, 1.807) is 0 Å². The van der Waals surface area contributed by atoms with Crippen molar-refractivity contribution in [3.05, 3.63) is 53.2 Å². The van der Waals surface area contributed by atoms with Gasteiger partial charge >= 0.3 is 0 Å². The van der Waals surface area contributed by atoms with Crippen molar-refractivity contribution in [1.29, 1.82) is 0 Å². The second kappa shape index (κ2) is 11.7. The average molecular weight is 539 g/mol. The molecule has 0 radical (unpaired) electrons. The van der Waals surface area contributed by atoms with Crippen LogP contribution in [0.3, 0.4) is 0 Å². The number of hydrogen-bond acceptors (Lipinski definition) is 6. The molecule has 2 aliphatic rings. The van der Waals surface area contributed by atoms with E-state index in [1.807, 2.05) is 36.4 Å². The maximum absolute atomic E-state index is 6.00. The summed E-state index contributed by atoms with van der Waals surface area (Å²) in [5.41, 5.74) is 0.980. The standard InChI is InChI=1S/C28H35ClN6OS/c1-19-12-15-34(16-13-19)25-17-26(35-14-4-3-5-20(35)2)32-27(31-25)33-28(37)30-18-23-10-11-24(36-23)21-6-8-22(29)9-7-21/h6-11,17,19-20H,3-5,12-16,18H2,1-2H3,(H2,30,31,32,33,37)/t20-/m0/s1. The molecule has 0 bridgehead atoms. The predicted octanol–water partition coefficient (Wildman–Crippen LogP) is 6.49. The molecule has 3 aromatic rings. The fourth-order valence-corrected chi connectivity index (χ4v) is 5.31. The average Bonchev–Trinajstić information content (AvgIpc) is 3.37. The van der Waals surface area contributed by atoms with Gasteiger partial charge in [-0.2, -0.15) is 9.97 Å². The maximum Gasteiger partial charge on any atom is 0.232 e. The Balaban J connectivity index is 1.27. The van der Waals surface area contributed by atoms with Crippen molar-refractivity contribution < 1.29 is 4.42 Å². The second-order valence-corrected chi connectivity index (χ2v) is 11.0. The van der Waals surface area contributed by atoms with E-state index < -0.39 is 0 Å². The number of thiocarbonyl (C=S) groups is 1. The highest BCUT2D eigenvalue weighted by molar-refractivity contribution is 7.80. The van der Waals surface area contributed by atoms with Gasteiger partial charge in [0.25, 0.3) is 0 Å². The first-order valence-corrected chi connectivity index (χ1v) is 14.0. The van der Waals surface area contributed by atoms with Crippen molar-refractivity contribution in [2.24, 2.45) is 5.92 Å². The fraction of sp³-hybridized carbons (Fsp3) is 0.464. The highest BCUT2D eigenvalue weighted by atomic mass is 35.5. The van der Waals surface area contributed by atoms with E-state index in [4.69, 9.17) is 38.2 Å². The molecule has 0 saturated carbocycles.